The molecular weight excluding hydrogens is 346 g/mol. The Bertz CT molecular complexity index is 1150. The van der Waals surface area contributed by atoms with Crippen molar-refractivity contribution in [2.24, 2.45) is 5.10 Å². The van der Waals surface area contributed by atoms with Crippen LogP contribution in [0, 0.1) is 0 Å². The molecule has 4 rings (SSSR count). The highest BCUT2D eigenvalue weighted by Crippen LogP contribution is 2.31. The first kappa shape index (κ1) is 16.8. The van der Waals surface area contributed by atoms with Crippen LogP contribution >= 0.6 is 0 Å². The number of benzene rings is 2. The molecule has 0 radical (unpaired) electrons. The Morgan fingerprint density at radius 2 is 2.00 bits per heavy atom. The van der Waals surface area contributed by atoms with Gasteiger partial charge in [0.1, 0.15) is 17.1 Å². The van der Waals surface area contributed by atoms with Crippen LogP contribution in [0.2, 0.25) is 0 Å². The smallest absolute Gasteiger partial charge is 0.280 e. The quantitative estimate of drug-likeness (QED) is 0.490. The highest BCUT2D eigenvalue weighted by Gasteiger charge is 2.24. The lowest BCUT2D eigenvalue weighted by molar-refractivity contribution is 0.0950. The average molecular weight is 363 g/mol. The minimum absolute atomic E-state index is 0.0746. The number of nitrogens with one attached hydrogen (secondary N) is 1. The van der Waals surface area contributed by atoms with Gasteiger partial charge in [0.25, 0.3) is 11.5 Å². The summed E-state index contributed by atoms with van der Waals surface area (Å²) >= 11 is 0. The van der Waals surface area contributed by atoms with Gasteiger partial charge in [-0.25, -0.2) is 5.43 Å². The van der Waals surface area contributed by atoms with Crippen LogP contribution in [0.15, 0.2) is 52.4 Å². The number of pyridine rings is 1. The number of nitrogens with zero attached hydrogens (tertiary/aromatic N) is 2. The highest BCUT2D eigenvalue weighted by molar-refractivity contribution is 6.03. The van der Waals surface area contributed by atoms with Gasteiger partial charge in [-0.3, -0.25) is 9.59 Å². The minimum atomic E-state index is -0.782. The fourth-order valence-corrected chi connectivity index (χ4v) is 3.45. The second kappa shape index (κ2) is 6.60. The van der Waals surface area contributed by atoms with Gasteiger partial charge in [-0.15, -0.1) is 0 Å². The van der Waals surface area contributed by atoms with Gasteiger partial charge in [-0.1, -0.05) is 24.3 Å². The number of rotatable bonds is 3. The number of carbonyl (C=O) groups is 1. The van der Waals surface area contributed by atoms with Crippen LogP contribution in [0.1, 0.15) is 27.9 Å². The van der Waals surface area contributed by atoms with E-state index in [9.17, 15) is 19.8 Å². The Morgan fingerprint density at radius 1 is 1.19 bits per heavy atom. The van der Waals surface area contributed by atoms with E-state index in [1.165, 1.54) is 18.3 Å². The van der Waals surface area contributed by atoms with Gasteiger partial charge >= 0.3 is 0 Å². The Kier molecular flexibility index (Phi) is 4.12. The number of aromatic nitrogens is 1. The van der Waals surface area contributed by atoms with Gasteiger partial charge in [0.15, 0.2) is 0 Å². The Morgan fingerprint density at radius 3 is 2.81 bits per heavy atom. The Hall–Kier alpha value is -3.61. The summed E-state index contributed by atoms with van der Waals surface area (Å²) in [5.74, 6) is -1.04. The van der Waals surface area contributed by atoms with E-state index >= 15 is 0 Å². The lowest BCUT2D eigenvalue weighted by Crippen LogP contribution is -2.33. The molecule has 3 aromatic rings. The van der Waals surface area contributed by atoms with Gasteiger partial charge in [0.05, 0.1) is 11.7 Å². The molecule has 27 heavy (non-hydrogen) atoms. The topological polar surface area (TPSA) is 104 Å². The van der Waals surface area contributed by atoms with Crippen LogP contribution in [0.4, 0.5) is 0 Å². The van der Waals surface area contributed by atoms with Gasteiger partial charge in [-0.2, -0.15) is 5.10 Å². The van der Waals surface area contributed by atoms with Crippen molar-refractivity contribution in [2.75, 3.05) is 0 Å². The summed E-state index contributed by atoms with van der Waals surface area (Å²) in [6, 6.07) is 11.8. The highest BCUT2D eigenvalue weighted by atomic mass is 16.3. The Labute approximate surface area is 154 Å². The third-order valence-corrected chi connectivity index (χ3v) is 4.65. The number of phenolic OH excluding ortho intramolecular Hbond substituents is 1. The molecule has 0 saturated heterocycles. The predicted octanol–water partition coefficient (Wildman–Crippen LogP) is 2.12. The zero-order valence-corrected chi connectivity index (χ0v) is 14.3. The summed E-state index contributed by atoms with van der Waals surface area (Å²) in [6.07, 6.45) is 2.97. The summed E-state index contributed by atoms with van der Waals surface area (Å²) < 4.78 is 1.54. The van der Waals surface area contributed by atoms with Crippen molar-refractivity contribution in [2.45, 2.75) is 19.4 Å². The normalized spacial score (nSPS) is 13.2. The minimum Gasteiger partial charge on any atom is -0.508 e. The lowest BCUT2D eigenvalue weighted by atomic mass is 9.99. The third kappa shape index (κ3) is 2.93. The number of amides is 1. The molecule has 7 heteroatoms. The maximum absolute atomic E-state index is 12.8. The van der Waals surface area contributed by atoms with E-state index in [0.717, 1.165) is 18.4 Å². The third-order valence-electron chi connectivity index (χ3n) is 4.65. The zero-order chi connectivity index (χ0) is 19.0. The van der Waals surface area contributed by atoms with Crippen LogP contribution in [-0.4, -0.2) is 26.9 Å². The average Bonchev–Trinajstić information content (AvgIpc) is 2.66. The van der Waals surface area contributed by atoms with Crippen molar-refractivity contribution < 1.29 is 15.0 Å². The number of hydrogen-bond acceptors (Lipinski definition) is 5. The fraction of sp³-hybridized carbons (Fsp3) is 0.150. The molecular formula is C20H17N3O4. The van der Waals surface area contributed by atoms with Crippen LogP contribution in [0.3, 0.4) is 0 Å². The van der Waals surface area contributed by atoms with Crippen molar-refractivity contribution in [3.63, 3.8) is 0 Å². The predicted molar refractivity (Wildman–Crippen MR) is 101 cm³/mol. The lowest BCUT2D eigenvalue weighted by Gasteiger charge is -2.21. The van der Waals surface area contributed by atoms with Gasteiger partial charge in [0, 0.05) is 11.9 Å². The van der Waals surface area contributed by atoms with Crippen molar-refractivity contribution in [3.8, 4) is 11.5 Å². The molecule has 1 aromatic heterocycles. The first-order valence-corrected chi connectivity index (χ1v) is 8.56. The zero-order valence-electron chi connectivity index (χ0n) is 14.3. The van der Waals surface area contributed by atoms with E-state index in [1.807, 2.05) is 6.07 Å². The van der Waals surface area contributed by atoms with Gasteiger partial charge in [-0.05, 0) is 42.2 Å². The van der Waals surface area contributed by atoms with Crippen LogP contribution in [-0.2, 0) is 13.0 Å². The van der Waals surface area contributed by atoms with Crippen LogP contribution < -0.4 is 11.0 Å². The molecule has 0 fully saturated rings. The number of aryl methyl sites for hydroxylation is 2. The van der Waals surface area contributed by atoms with E-state index in [1.54, 1.807) is 28.8 Å². The molecule has 2 heterocycles. The van der Waals surface area contributed by atoms with Crippen molar-refractivity contribution >= 4 is 23.0 Å². The number of hydrazone groups is 1. The number of hydrogen-bond donors (Lipinski definition) is 3. The molecule has 0 unspecified atom stereocenters. The molecule has 0 saturated carbocycles. The largest absolute Gasteiger partial charge is 0.508 e. The van der Waals surface area contributed by atoms with Crippen LogP contribution in [0.25, 0.3) is 10.9 Å². The summed E-state index contributed by atoms with van der Waals surface area (Å²) in [5, 5.41) is 24.3. The fourth-order valence-electron chi connectivity index (χ4n) is 3.45. The molecule has 1 aliphatic rings. The molecule has 0 bridgehead atoms. The van der Waals surface area contributed by atoms with Crippen LogP contribution in [0.5, 0.6) is 11.5 Å². The monoisotopic (exact) mass is 363 g/mol. The van der Waals surface area contributed by atoms with Gasteiger partial charge < -0.3 is 14.8 Å². The standard InChI is InChI=1S/C20H17N3O4/c24-14-7-1-4-12(10-14)11-21-22-19(26)16-18(25)15-8-2-5-13-6-3-9-23(17(13)15)20(16)27/h1-2,4-5,7-8,10-11,24-25H,3,6,9H2,(H,22,26)/b21-11-. The Balaban J connectivity index is 1.71. The van der Waals surface area contributed by atoms with E-state index in [2.05, 4.69) is 10.5 Å². The van der Waals surface area contributed by atoms with E-state index in [0.29, 0.717) is 23.0 Å². The first-order chi connectivity index (χ1) is 13.1. The van der Waals surface area contributed by atoms with Crippen molar-refractivity contribution in [1.82, 2.24) is 9.99 Å². The van der Waals surface area contributed by atoms with E-state index < -0.39 is 11.5 Å². The molecule has 0 atom stereocenters. The van der Waals surface area contributed by atoms with Gasteiger partial charge in [0.2, 0.25) is 0 Å². The molecule has 3 N–H and O–H groups in total. The summed E-state index contributed by atoms with van der Waals surface area (Å²) in [4.78, 5) is 25.3. The van der Waals surface area contributed by atoms with Crippen molar-refractivity contribution in [1.29, 1.82) is 0 Å². The molecule has 7 nitrogen and oxygen atoms in total. The molecule has 1 aliphatic heterocycles. The molecule has 1 amide bonds. The SMILES string of the molecule is O=C(N/N=C\c1cccc(O)c1)c1c(O)c2cccc3c2n(c1=O)CCC3. The number of aromatic hydroxyl groups is 2. The molecule has 136 valence electrons. The maximum atomic E-state index is 12.8. The molecule has 2 aromatic carbocycles. The van der Waals surface area contributed by atoms with E-state index in [4.69, 9.17) is 0 Å². The van der Waals surface area contributed by atoms with E-state index in [-0.39, 0.29) is 17.1 Å². The number of para-hydroxylation sites is 1. The summed E-state index contributed by atoms with van der Waals surface area (Å²) in [6.45, 7) is 0.499. The first-order valence-electron chi connectivity index (χ1n) is 8.56. The molecule has 0 aliphatic carbocycles. The molecule has 0 spiro atoms. The number of carbonyl (C=O) groups excluding carboxylic acids is 1. The van der Waals surface area contributed by atoms with Crippen molar-refractivity contribution in [3.05, 3.63) is 69.5 Å². The summed E-state index contributed by atoms with van der Waals surface area (Å²) in [7, 11) is 0. The number of phenols is 1. The second-order valence-corrected chi connectivity index (χ2v) is 6.39. The maximum Gasteiger partial charge on any atom is 0.280 e. The summed E-state index contributed by atoms with van der Waals surface area (Å²) in [5.41, 5.74) is 3.67. The second-order valence-electron chi connectivity index (χ2n) is 6.39.